The summed E-state index contributed by atoms with van der Waals surface area (Å²) in [5.41, 5.74) is 9.81. The Balaban J connectivity index is 0.000001000. The van der Waals surface area contributed by atoms with Crippen molar-refractivity contribution in [2.24, 2.45) is 0 Å². The molecule has 1 fully saturated rings. The lowest BCUT2D eigenvalue weighted by atomic mass is 10.0. The lowest BCUT2D eigenvalue weighted by Crippen LogP contribution is -2.12. The number of rotatable bonds is 2. The molecule has 2 heterocycles. The summed E-state index contributed by atoms with van der Waals surface area (Å²) < 4.78 is 0. The number of hydrogen-bond donors (Lipinski definition) is 2. The summed E-state index contributed by atoms with van der Waals surface area (Å²) in [7, 11) is 0. The molecule has 5 heteroatoms. The fourth-order valence-corrected chi connectivity index (χ4v) is 2.43. The fourth-order valence-electron chi connectivity index (χ4n) is 2.43. The highest BCUT2D eigenvalue weighted by molar-refractivity contribution is 5.85. The van der Waals surface area contributed by atoms with Crippen LogP contribution in [0.2, 0.25) is 0 Å². The van der Waals surface area contributed by atoms with Gasteiger partial charge in [0.25, 0.3) is 0 Å². The van der Waals surface area contributed by atoms with Crippen LogP contribution in [0, 0.1) is 0 Å². The van der Waals surface area contributed by atoms with Gasteiger partial charge in [-0.1, -0.05) is 24.3 Å². The van der Waals surface area contributed by atoms with Crippen LogP contribution < -0.4 is 11.1 Å². The fraction of sp³-hybridized carbons (Fsp3) is 0.267. The highest BCUT2D eigenvalue weighted by Crippen LogP contribution is 2.25. The number of nitrogens with zero attached hydrogens (tertiary/aromatic N) is 1. The summed E-state index contributed by atoms with van der Waals surface area (Å²) in [6, 6.07) is 13.0. The summed E-state index contributed by atoms with van der Waals surface area (Å²) in [6.45, 7) is 1.13. The highest BCUT2D eigenvalue weighted by atomic mass is 35.5. The Morgan fingerprint density at radius 1 is 1.05 bits per heavy atom. The van der Waals surface area contributed by atoms with Gasteiger partial charge in [-0.2, -0.15) is 0 Å². The second kappa shape index (κ2) is 7.48. The van der Waals surface area contributed by atoms with Crippen molar-refractivity contribution in [3.05, 3.63) is 48.2 Å². The van der Waals surface area contributed by atoms with Gasteiger partial charge in [-0.05, 0) is 37.1 Å². The molecular weight excluding hydrogens is 293 g/mol. The number of anilines is 1. The average Bonchev–Trinajstić information content (AvgIpc) is 2.94. The Morgan fingerprint density at radius 3 is 2.35 bits per heavy atom. The summed E-state index contributed by atoms with van der Waals surface area (Å²) in [4.78, 5) is 4.34. The highest BCUT2D eigenvalue weighted by Gasteiger charge is 2.15. The van der Waals surface area contributed by atoms with E-state index in [1.807, 2.05) is 12.1 Å². The molecule has 0 saturated carbocycles. The molecule has 1 aliphatic rings. The first-order valence-electron chi connectivity index (χ1n) is 6.38. The van der Waals surface area contributed by atoms with Gasteiger partial charge in [-0.3, -0.25) is 4.98 Å². The van der Waals surface area contributed by atoms with Crippen LogP contribution in [0.25, 0.3) is 11.3 Å². The molecular formula is C15H19Cl2N3. The van der Waals surface area contributed by atoms with Crippen LogP contribution in [-0.2, 0) is 0 Å². The van der Waals surface area contributed by atoms with Crippen LogP contribution in [0.3, 0.4) is 0 Å². The molecule has 2 aromatic rings. The molecule has 20 heavy (non-hydrogen) atoms. The molecule has 1 unspecified atom stereocenters. The SMILES string of the molecule is Cl.Cl.Nc1ccc(-c2ccc(C3CCCN3)cc2)nc1. The number of nitrogen functional groups attached to an aromatic ring is 1. The number of aromatic nitrogens is 1. The van der Waals surface area contributed by atoms with E-state index in [0.717, 1.165) is 17.8 Å². The van der Waals surface area contributed by atoms with E-state index in [1.54, 1.807) is 6.20 Å². The smallest absolute Gasteiger partial charge is 0.0703 e. The molecule has 0 bridgehead atoms. The molecule has 1 atom stereocenters. The van der Waals surface area contributed by atoms with Crippen LogP contribution in [-0.4, -0.2) is 11.5 Å². The first kappa shape index (κ1) is 16.8. The number of nitrogens with two attached hydrogens (primary N) is 1. The van der Waals surface area contributed by atoms with Gasteiger partial charge in [0, 0.05) is 11.6 Å². The Hall–Kier alpha value is -1.29. The first-order chi connectivity index (χ1) is 8.83. The Morgan fingerprint density at radius 2 is 1.80 bits per heavy atom. The maximum atomic E-state index is 5.64. The van der Waals surface area contributed by atoms with E-state index in [0.29, 0.717) is 11.7 Å². The predicted molar refractivity (Wildman–Crippen MR) is 88.6 cm³/mol. The molecule has 1 aromatic heterocycles. The van der Waals surface area contributed by atoms with Crippen LogP contribution >= 0.6 is 24.8 Å². The van der Waals surface area contributed by atoms with E-state index in [4.69, 9.17) is 5.73 Å². The van der Waals surface area contributed by atoms with Crippen molar-refractivity contribution >= 4 is 30.5 Å². The zero-order chi connectivity index (χ0) is 12.4. The lowest BCUT2D eigenvalue weighted by Gasteiger charge is -2.11. The van der Waals surface area contributed by atoms with Crippen molar-refractivity contribution < 1.29 is 0 Å². The number of hydrogen-bond acceptors (Lipinski definition) is 3. The van der Waals surface area contributed by atoms with Crippen molar-refractivity contribution in [2.75, 3.05) is 12.3 Å². The molecule has 3 rings (SSSR count). The Bertz CT molecular complexity index is 520. The number of benzene rings is 1. The standard InChI is InChI=1S/C15H17N3.2ClH/c16-13-7-8-15(18-10-13)12-5-3-11(4-6-12)14-2-1-9-17-14;;/h3-8,10,14,17H,1-2,9,16H2;2*1H. The average molecular weight is 312 g/mol. The van der Waals surface area contributed by atoms with Crippen molar-refractivity contribution in [1.82, 2.24) is 10.3 Å². The van der Waals surface area contributed by atoms with Gasteiger partial charge in [0.05, 0.1) is 17.6 Å². The molecule has 108 valence electrons. The molecule has 0 amide bonds. The van der Waals surface area contributed by atoms with Crippen molar-refractivity contribution in [1.29, 1.82) is 0 Å². The largest absolute Gasteiger partial charge is 0.397 e. The maximum absolute atomic E-state index is 5.64. The van der Waals surface area contributed by atoms with Crippen molar-refractivity contribution in [2.45, 2.75) is 18.9 Å². The second-order valence-electron chi connectivity index (χ2n) is 4.75. The summed E-state index contributed by atoms with van der Waals surface area (Å²) in [6.07, 6.45) is 4.20. The van der Waals surface area contributed by atoms with Gasteiger partial charge >= 0.3 is 0 Å². The monoisotopic (exact) mass is 311 g/mol. The van der Waals surface area contributed by atoms with E-state index < -0.39 is 0 Å². The van der Waals surface area contributed by atoms with Gasteiger partial charge in [0.15, 0.2) is 0 Å². The zero-order valence-electron chi connectivity index (χ0n) is 11.1. The topological polar surface area (TPSA) is 50.9 Å². The minimum Gasteiger partial charge on any atom is -0.397 e. The minimum absolute atomic E-state index is 0. The Labute approximate surface area is 131 Å². The molecule has 0 aliphatic carbocycles. The second-order valence-corrected chi connectivity index (χ2v) is 4.75. The molecule has 0 spiro atoms. The van der Waals surface area contributed by atoms with Gasteiger partial charge in [-0.15, -0.1) is 24.8 Å². The van der Waals surface area contributed by atoms with Crippen LogP contribution in [0.1, 0.15) is 24.4 Å². The van der Waals surface area contributed by atoms with E-state index in [-0.39, 0.29) is 24.8 Å². The normalized spacial score (nSPS) is 17.1. The van der Waals surface area contributed by atoms with E-state index in [9.17, 15) is 0 Å². The van der Waals surface area contributed by atoms with Crippen LogP contribution in [0.4, 0.5) is 5.69 Å². The van der Waals surface area contributed by atoms with Gasteiger partial charge in [0.2, 0.25) is 0 Å². The maximum Gasteiger partial charge on any atom is 0.0703 e. The summed E-state index contributed by atoms with van der Waals surface area (Å²) >= 11 is 0. The van der Waals surface area contributed by atoms with Crippen LogP contribution in [0.15, 0.2) is 42.6 Å². The molecule has 3 N–H and O–H groups in total. The summed E-state index contributed by atoms with van der Waals surface area (Å²) in [5, 5.41) is 3.51. The van der Waals surface area contributed by atoms with Crippen molar-refractivity contribution in [3.8, 4) is 11.3 Å². The summed E-state index contributed by atoms with van der Waals surface area (Å²) in [5.74, 6) is 0. The quantitative estimate of drug-likeness (QED) is 0.891. The third-order valence-corrected chi connectivity index (χ3v) is 3.46. The first-order valence-corrected chi connectivity index (χ1v) is 6.38. The van der Waals surface area contributed by atoms with Gasteiger partial charge < -0.3 is 11.1 Å². The third kappa shape index (κ3) is 3.63. The molecule has 1 aliphatic heterocycles. The van der Waals surface area contributed by atoms with E-state index >= 15 is 0 Å². The van der Waals surface area contributed by atoms with Gasteiger partial charge in [0.1, 0.15) is 0 Å². The zero-order valence-corrected chi connectivity index (χ0v) is 12.7. The lowest BCUT2D eigenvalue weighted by molar-refractivity contribution is 0.648. The number of nitrogens with one attached hydrogen (secondary N) is 1. The predicted octanol–water partition coefficient (Wildman–Crippen LogP) is 3.60. The molecule has 0 radical (unpaired) electrons. The van der Waals surface area contributed by atoms with Gasteiger partial charge in [-0.25, -0.2) is 0 Å². The van der Waals surface area contributed by atoms with Crippen LogP contribution in [0.5, 0.6) is 0 Å². The minimum atomic E-state index is 0. The Kier molecular flexibility index (Phi) is 6.27. The molecule has 1 aromatic carbocycles. The van der Waals surface area contributed by atoms with E-state index in [2.05, 4.69) is 34.6 Å². The molecule has 1 saturated heterocycles. The number of pyridine rings is 1. The third-order valence-electron chi connectivity index (χ3n) is 3.46. The molecule has 3 nitrogen and oxygen atoms in total. The number of halogens is 2. The van der Waals surface area contributed by atoms with E-state index in [1.165, 1.54) is 18.4 Å². The van der Waals surface area contributed by atoms with Crippen molar-refractivity contribution in [3.63, 3.8) is 0 Å².